The quantitative estimate of drug-likeness (QED) is 0.777. The van der Waals surface area contributed by atoms with Crippen molar-refractivity contribution in [3.05, 3.63) is 48.4 Å². The van der Waals surface area contributed by atoms with Crippen LogP contribution in [0, 0.1) is 6.92 Å². The molecule has 2 N–H and O–H groups in total. The van der Waals surface area contributed by atoms with Gasteiger partial charge in [-0.25, -0.2) is 9.67 Å². The summed E-state index contributed by atoms with van der Waals surface area (Å²) in [6.07, 6.45) is 3.16. The van der Waals surface area contributed by atoms with Gasteiger partial charge >= 0.3 is 6.01 Å². The molecular formula is C13H12N6O. The van der Waals surface area contributed by atoms with Gasteiger partial charge in [-0.2, -0.15) is 9.97 Å². The molecular weight excluding hydrogens is 256 g/mol. The SMILES string of the molecule is Cc1cnc(N)nc1Oc1ncn(-c2ccccc2)n1. The molecule has 0 saturated heterocycles. The Morgan fingerprint density at radius 1 is 1.15 bits per heavy atom. The summed E-state index contributed by atoms with van der Waals surface area (Å²) in [7, 11) is 0. The minimum Gasteiger partial charge on any atom is -0.404 e. The zero-order chi connectivity index (χ0) is 13.9. The molecule has 0 aliphatic rings. The second kappa shape index (κ2) is 4.96. The molecule has 20 heavy (non-hydrogen) atoms. The maximum atomic E-state index is 5.53. The Kier molecular flexibility index (Phi) is 3.00. The topological polar surface area (TPSA) is 91.7 Å². The van der Waals surface area contributed by atoms with E-state index >= 15 is 0 Å². The van der Waals surface area contributed by atoms with E-state index in [2.05, 4.69) is 20.1 Å². The van der Waals surface area contributed by atoms with Crippen LogP contribution in [-0.2, 0) is 0 Å². The lowest BCUT2D eigenvalue weighted by Crippen LogP contribution is -2.00. The van der Waals surface area contributed by atoms with E-state index in [1.807, 2.05) is 37.3 Å². The molecule has 0 radical (unpaired) electrons. The minimum atomic E-state index is 0.146. The summed E-state index contributed by atoms with van der Waals surface area (Å²) >= 11 is 0. The first kappa shape index (κ1) is 12.1. The highest BCUT2D eigenvalue weighted by atomic mass is 16.5. The van der Waals surface area contributed by atoms with E-state index in [1.165, 1.54) is 0 Å². The normalized spacial score (nSPS) is 10.4. The van der Waals surface area contributed by atoms with Crippen molar-refractivity contribution in [2.75, 3.05) is 5.73 Å². The maximum Gasteiger partial charge on any atom is 0.342 e. The fourth-order valence-electron chi connectivity index (χ4n) is 1.63. The molecule has 0 spiro atoms. The maximum absolute atomic E-state index is 5.53. The lowest BCUT2D eigenvalue weighted by atomic mass is 10.3. The van der Waals surface area contributed by atoms with Crippen LogP contribution in [0.15, 0.2) is 42.9 Å². The number of aromatic nitrogens is 5. The van der Waals surface area contributed by atoms with E-state index in [0.717, 1.165) is 11.3 Å². The predicted molar refractivity (Wildman–Crippen MR) is 72.6 cm³/mol. The van der Waals surface area contributed by atoms with E-state index in [4.69, 9.17) is 10.5 Å². The molecule has 0 aliphatic carbocycles. The molecule has 7 nitrogen and oxygen atoms in total. The highest BCUT2D eigenvalue weighted by Gasteiger charge is 2.09. The Balaban J connectivity index is 1.86. The third-order valence-corrected chi connectivity index (χ3v) is 2.62. The highest BCUT2D eigenvalue weighted by molar-refractivity contribution is 5.32. The third-order valence-electron chi connectivity index (χ3n) is 2.62. The van der Waals surface area contributed by atoms with Gasteiger partial charge in [0.25, 0.3) is 0 Å². The van der Waals surface area contributed by atoms with Crippen LogP contribution in [0.4, 0.5) is 5.95 Å². The van der Waals surface area contributed by atoms with Crippen LogP contribution in [0.5, 0.6) is 11.9 Å². The smallest absolute Gasteiger partial charge is 0.342 e. The van der Waals surface area contributed by atoms with Gasteiger partial charge in [0.1, 0.15) is 6.33 Å². The summed E-state index contributed by atoms with van der Waals surface area (Å²) < 4.78 is 7.14. The van der Waals surface area contributed by atoms with Crippen LogP contribution in [0.3, 0.4) is 0 Å². The Hall–Kier alpha value is -2.96. The zero-order valence-electron chi connectivity index (χ0n) is 10.8. The van der Waals surface area contributed by atoms with Gasteiger partial charge in [-0.3, -0.25) is 0 Å². The zero-order valence-corrected chi connectivity index (χ0v) is 10.8. The van der Waals surface area contributed by atoms with Crippen LogP contribution in [0.1, 0.15) is 5.56 Å². The Morgan fingerprint density at radius 2 is 1.95 bits per heavy atom. The molecule has 0 saturated carbocycles. The van der Waals surface area contributed by atoms with Crippen LogP contribution in [0.2, 0.25) is 0 Å². The summed E-state index contributed by atoms with van der Waals surface area (Å²) in [5.74, 6) is 0.497. The first-order chi connectivity index (χ1) is 9.72. The number of benzene rings is 1. The third kappa shape index (κ3) is 2.41. The van der Waals surface area contributed by atoms with Crippen molar-refractivity contribution < 1.29 is 4.74 Å². The molecule has 1 aromatic carbocycles. The second-order valence-electron chi connectivity index (χ2n) is 4.13. The van der Waals surface area contributed by atoms with Gasteiger partial charge in [0.05, 0.1) is 5.69 Å². The molecule has 7 heteroatoms. The predicted octanol–water partition coefficient (Wildman–Crippen LogP) is 1.74. The molecule has 0 atom stereocenters. The van der Waals surface area contributed by atoms with Crippen molar-refractivity contribution in [3.63, 3.8) is 0 Å². The summed E-state index contributed by atoms with van der Waals surface area (Å²) in [5.41, 5.74) is 7.19. The number of ether oxygens (including phenoxy) is 1. The van der Waals surface area contributed by atoms with Crippen molar-refractivity contribution in [1.82, 2.24) is 24.7 Å². The Labute approximate surface area is 115 Å². The lowest BCUT2D eigenvalue weighted by Gasteiger charge is -2.03. The average Bonchev–Trinajstić information content (AvgIpc) is 2.92. The molecule has 2 aromatic heterocycles. The van der Waals surface area contributed by atoms with Gasteiger partial charge in [0.15, 0.2) is 0 Å². The van der Waals surface area contributed by atoms with Gasteiger partial charge < -0.3 is 10.5 Å². The van der Waals surface area contributed by atoms with Crippen molar-refractivity contribution >= 4 is 5.95 Å². The summed E-state index contributed by atoms with van der Waals surface area (Å²) in [4.78, 5) is 12.0. The Bertz CT molecular complexity index is 725. The molecule has 0 aliphatic heterocycles. The van der Waals surface area contributed by atoms with E-state index in [-0.39, 0.29) is 12.0 Å². The largest absolute Gasteiger partial charge is 0.404 e. The number of hydrogen-bond donors (Lipinski definition) is 1. The van der Waals surface area contributed by atoms with E-state index in [9.17, 15) is 0 Å². The molecule has 0 fully saturated rings. The fourth-order valence-corrected chi connectivity index (χ4v) is 1.63. The van der Waals surface area contributed by atoms with E-state index < -0.39 is 0 Å². The van der Waals surface area contributed by atoms with Crippen LogP contribution in [-0.4, -0.2) is 24.7 Å². The molecule has 3 rings (SSSR count). The summed E-state index contributed by atoms with van der Waals surface area (Å²) in [5, 5.41) is 4.23. The molecule has 2 heterocycles. The number of rotatable bonds is 3. The number of nitrogens with zero attached hydrogens (tertiary/aromatic N) is 5. The van der Waals surface area contributed by atoms with Gasteiger partial charge in [0, 0.05) is 11.8 Å². The lowest BCUT2D eigenvalue weighted by molar-refractivity contribution is 0.421. The van der Waals surface area contributed by atoms with Crippen molar-refractivity contribution in [3.8, 4) is 17.6 Å². The van der Waals surface area contributed by atoms with Crippen LogP contribution >= 0.6 is 0 Å². The summed E-state index contributed by atoms with van der Waals surface area (Å²) in [6.45, 7) is 1.82. The average molecular weight is 268 g/mol. The van der Waals surface area contributed by atoms with Gasteiger partial charge in [-0.15, -0.1) is 5.10 Å². The molecule has 0 bridgehead atoms. The first-order valence-electron chi connectivity index (χ1n) is 5.96. The number of anilines is 1. The molecule has 0 amide bonds. The highest BCUT2D eigenvalue weighted by Crippen LogP contribution is 2.20. The fraction of sp³-hybridized carbons (Fsp3) is 0.0769. The van der Waals surface area contributed by atoms with Crippen LogP contribution in [0.25, 0.3) is 5.69 Å². The van der Waals surface area contributed by atoms with E-state index in [0.29, 0.717) is 5.88 Å². The number of nitrogen functional groups attached to an aromatic ring is 1. The van der Waals surface area contributed by atoms with Gasteiger partial charge in [-0.05, 0) is 19.1 Å². The first-order valence-corrected chi connectivity index (χ1v) is 5.96. The molecule has 3 aromatic rings. The number of para-hydroxylation sites is 1. The van der Waals surface area contributed by atoms with Crippen LogP contribution < -0.4 is 10.5 Å². The monoisotopic (exact) mass is 268 g/mol. The number of nitrogens with two attached hydrogens (primary N) is 1. The molecule has 0 unspecified atom stereocenters. The second-order valence-corrected chi connectivity index (χ2v) is 4.13. The van der Waals surface area contributed by atoms with Crippen molar-refractivity contribution in [1.29, 1.82) is 0 Å². The minimum absolute atomic E-state index is 0.146. The van der Waals surface area contributed by atoms with Gasteiger partial charge in [-0.1, -0.05) is 18.2 Å². The number of hydrogen-bond acceptors (Lipinski definition) is 6. The standard InChI is InChI=1S/C13H12N6O/c1-9-7-15-12(14)17-11(9)20-13-16-8-19(18-13)10-5-3-2-4-6-10/h2-8H,1H3,(H2,14,15,17). The summed E-state index contributed by atoms with van der Waals surface area (Å²) in [6, 6.07) is 9.83. The molecule has 100 valence electrons. The Morgan fingerprint density at radius 3 is 2.75 bits per heavy atom. The van der Waals surface area contributed by atoms with Crippen molar-refractivity contribution in [2.45, 2.75) is 6.92 Å². The van der Waals surface area contributed by atoms with Crippen molar-refractivity contribution in [2.24, 2.45) is 0 Å². The van der Waals surface area contributed by atoms with E-state index in [1.54, 1.807) is 17.2 Å². The van der Waals surface area contributed by atoms with Gasteiger partial charge in [0.2, 0.25) is 11.8 Å². The number of aryl methyl sites for hydroxylation is 1.